The third kappa shape index (κ3) is 4.40. The zero-order chi connectivity index (χ0) is 25.7. The van der Waals surface area contributed by atoms with E-state index in [1.54, 1.807) is 6.33 Å². The third-order valence-corrected chi connectivity index (χ3v) is 8.63. The molecule has 1 N–H and O–H groups in total. The predicted molar refractivity (Wildman–Crippen MR) is 146 cm³/mol. The van der Waals surface area contributed by atoms with Gasteiger partial charge in [0.2, 0.25) is 0 Å². The number of benzene rings is 1. The van der Waals surface area contributed by atoms with Gasteiger partial charge in [-0.15, -0.1) is 0 Å². The number of aryl methyl sites for hydroxylation is 1. The van der Waals surface area contributed by atoms with Crippen LogP contribution in [0.2, 0.25) is 0 Å². The van der Waals surface area contributed by atoms with E-state index in [2.05, 4.69) is 66.0 Å². The van der Waals surface area contributed by atoms with Crippen molar-refractivity contribution >= 4 is 16.7 Å². The SMILES string of the molecule is Cc1c(-c2cc3[nH]c(=O)n(C4CCCN(CC5CCOCC5)C4)c3cc2C(C)C)cn2ncnc2c1C. The molecule has 2 fully saturated rings. The Morgan fingerprint density at radius 3 is 2.70 bits per heavy atom. The monoisotopic (exact) mass is 502 g/mol. The summed E-state index contributed by atoms with van der Waals surface area (Å²) >= 11 is 0. The Morgan fingerprint density at radius 1 is 1.11 bits per heavy atom. The van der Waals surface area contributed by atoms with Gasteiger partial charge in [-0.25, -0.2) is 14.3 Å². The van der Waals surface area contributed by atoms with Gasteiger partial charge in [0.05, 0.1) is 17.1 Å². The molecule has 196 valence electrons. The summed E-state index contributed by atoms with van der Waals surface area (Å²) < 4.78 is 9.46. The van der Waals surface area contributed by atoms with Crippen molar-refractivity contribution < 1.29 is 4.74 Å². The molecule has 2 aliphatic rings. The minimum Gasteiger partial charge on any atom is -0.381 e. The number of aromatic nitrogens is 5. The van der Waals surface area contributed by atoms with Gasteiger partial charge < -0.3 is 14.6 Å². The predicted octanol–water partition coefficient (Wildman–Crippen LogP) is 4.84. The van der Waals surface area contributed by atoms with Crippen LogP contribution in [0.3, 0.4) is 0 Å². The molecule has 0 bridgehead atoms. The number of hydrogen-bond donors (Lipinski definition) is 1. The second kappa shape index (κ2) is 9.72. The first-order valence-corrected chi connectivity index (χ1v) is 13.8. The average molecular weight is 503 g/mol. The number of imidazole rings is 1. The van der Waals surface area contributed by atoms with Crippen molar-refractivity contribution in [2.24, 2.45) is 5.92 Å². The maximum atomic E-state index is 13.4. The van der Waals surface area contributed by atoms with Crippen LogP contribution in [0.5, 0.6) is 0 Å². The van der Waals surface area contributed by atoms with E-state index in [4.69, 9.17) is 4.74 Å². The molecule has 1 atom stereocenters. The summed E-state index contributed by atoms with van der Waals surface area (Å²) in [5.74, 6) is 1.01. The Hall–Kier alpha value is -2.97. The number of hydrogen-bond acceptors (Lipinski definition) is 5. The summed E-state index contributed by atoms with van der Waals surface area (Å²) in [7, 11) is 0. The van der Waals surface area contributed by atoms with Crippen molar-refractivity contribution in [3.05, 3.63) is 51.8 Å². The van der Waals surface area contributed by atoms with E-state index >= 15 is 0 Å². The van der Waals surface area contributed by atoms with Crippen LogP contribution >= 0.6 is 0 Å². The summed E-state index contributed by atoms with van der Waals surface area (Å²) in [5, 5.41) is 4.40. The minimum atomic E-state index is -0.000552. The zero-order valence-electron chi connectivity index (χ0n) is 22.5. The average Bonchev–Trinajstić information content (AvgIpc) is 3.49. The lowest BCUT2D eigenvalue weighted by Crippen LogP contribution is -2.42. The quantitative estimate of drug-likeness (QED) is 0.422. The van der Waals surface area contributed by atoms with Crippen LogP contribution in [0.25, 0.3) is 27.8 Å². The molecule has 6 rings (SSSR count). The standard InChI is InChI=1S/C29H38N6O2/c1-18(2)23-13-27-26(12-24(23)25-16-34-28(30-17-31-34)20(4)19(25)3)32-29(36)35(27)22-6-5-9-33(15-22)14-21-7-10-37-11-8-21/h12-13,16-18,21-22H,5-11,14-15H2,1-4H3,(H,32,36). The molecule has 2 saturated heterocycles. The van der Waals surface area contributed by atoms with Gasteiger partial charge in [0.25, 0.3) is 0 Å². The van der Waals surface area contributed by atoms with Crippen molar-refractivity contribution in [3.8, 4) is 11.1 Å². The van der Waals surface area contributed by atoms with E-state index in [0.29, 0.717) is 11.8 Å². The van der Waals surface area contributed by atoms with Crippen molar-refractivity contribution in [2.75, 3.05) is 32.8 Å². The molecular weight excluding hydrogens is 464 g/mol. The molecule has 3 aromatic heterocycles. The van der Waals surface area contributed by atoms with Crippen LogP contribution in [0.1, 0.15) is 68.2 Å². The highest BCUT2D eigenvalue weighted by Crippen LogP contribution is 2.37. The van der Waals surface area contributed by atoms with Crippen LogP contribution in [0, 0.1) is 19.8 Å². The van der Waals surface area contributed by atoms with Gasteiger partial charge in [0.15, 0.2) is 5.65 Å². The largest absolute Gasteiger partial charge is 0.381 e. The Kier molecular flexibility index (Phi) is 6.41. The molecule has 0 amide bonds. The van der Waals surface area contributed by atoms with E-state index in [0.717, 1.165) is 91.9 Å². The first kappa shape index (κ1) is 24.4. The number of nitrogens with one attached hydrogen (secondary N) is 1. The number of rotatable bonds is 5. The van der Waals surface area contributed by atoms with Crippen LogP contribution in [-0.2, 0) is 4.74 Å². The fourth-order valence-corrected chi connectivity index (χ4v) is 6.44. The maximum absolute atomic E-state index is 13.4. The normalized spacial score (nSPS) is 20.0. The first-order chi connectivity index (χ1) is 17.9. The number of nitrogens with zero attached hydrogens (tertiary/aromatic N) is 5. The number of likely N-dealkylation sites (tertiary alicyclic amines) is 1. The molecule has 1 unspecified atom stereocenters. The van der Waals surface area contributed by atoms with Crippen LogP contribution in [-0.4, -0.2) is 61.9 Å². The van der Waals surface area contributed by atoms with Crippen molar-refractivity contribution in [1.82, 2.24) is 29.0 Å². The molecule has 0 radical (unpaired) electrons. The number of fused-ring (bicyclic) bond motifs is 2. The Labute approximate surface area is 217 Å². The number of pyridine rings is 1. The van der Waals surface area contributed by atoms with Gasteiger partial charge in [-0.1, -0.05) is 13.8 Å². The molecule has 0 saturated carbocycles. The Morgan fingerprint density at radius 2 is 1.92 bits per heavy atom. The first-order valence-electron chi connectivity index (χ1n) is 13.8. The summed E-state index contributed by atoms with van der Waals surface area (Å²) in [4.78, 5) is 23.6. The van der Waals surface area contributed by atoms with Gasteiger partial charge in [0, 0.05) is 38.1 Å². The molecule has 8 heteroatoms. The fourth-order valence-electron chi connectivity index (χ4n) is 6.44. The Bertz CT molecular complexity index is 1490. The van der Waals surface area contributed by atoms with E-state index in [1.807, 2.05) is 9.08 Å². The van der Waals surface area contributed by atoms with Gasteiger partial charge in [-0.05, 0) is 92.3 Å². The second-order valence-corrected chi connectivity index (χ2v) is 11.3. The van der Waals surface area contributed by atoms with E-state index in [9.17, 15) is 4.79 Å². The molecule has 8 nitrogen and oxygen atoms in total. The second-order valence-electron chi connectivity index (χ2n) is 11.3. The number of ether oxygens (including phenoxy) is 1. The van der Waals surface area contributed by atoms with Crippen LogP contribution in [0.4, 0.5) is 0 Å². The van der Waals surface area contributed by atoms with E-state index < -0.39 is 0 Å². The summed E-state index contributed by atoms with van der Waals surface area (Å²) in [5.41, 5.74) is 8.66. The van der Waals surface area contributed by atoms with Crippen LogP contribution < -0.4 is 5.69 Å². The molecule has 2 aliphatic heterocycles. The summed E-state index contributed by atoms with van der Waals surface area (Å²) in [6, 6.07) is 4.62. The number of H-pyrrole nitrogens is 1. The van der Waals surface area contributed by atoms with Gasteiger partial charge in [-0.2, -0.15) is 5.10 Å². The third-order valence-electron chi connectivity index (χ3n) is 8.63. The Balaban J connectivity index is 1.40. The smallest absolute Gasteiger partial charge is 0.326 e. The molecule has 37 heavy (non-hydrogen) atoms. The lowest BCUT2D eigenvalue weighted by molar-refractivity contribution is 0.0459. The van der Waals surface area contributed by atoms with Gasteiger partial charge in [0.1, 0.15) is 6.33 Å². The zero-order valence-corrected chi connectivity index (χ0v) is 22.5. The highest BCUT2D eigenvalue weighted by molar-refractivity contribution is 5.86. The van der Waals surface area contributed by atoms with E-state index in [-0.39, 0.29) is 11.7 Å². The lowest BCUT2D eigenvalue weighted by Gasteiger charge is -2.36. The van der Waals surface area contributed by atoms with Gasteiger partial charge >= 0.3 is 5.69 Å². The minimum absolute atomic E-state index is 0.000552. The molecule has 5 heterocycles. The highest BCUT2D eigenvalue weighted by Gasteiger charge is 2.27. The molecule has 0 spiro atoms. The molecule has 1 aromatic carbocycles. The highest BCUT2D eigenvalue weighted by atomic mass is 16.5. The lowest BCUT2D eigenvalue weighted by atomic mass is 9.89. The summed E-state index contributed by atoms with van der Waals surface area (Å²) in [6.45, 7) is 13.6. The molecule has 4 aromatic rings. The number of aromatic amines is 1. The summed E-state index contributed by atoms with van der Waals surface area (Å²) in [6.07, 6.45) is 8.13. The van der Waals surface area contributed by atoms with Crippen molar-refractivity contribution in [1.29, 1.82) is 0 Å². The van der Waals surface area contributed by atoms with Crippen molar-refractivity contribution in [2.45, 2.75) is 65.3 Å². The molecule has 0 aliphatic carbocycles. The van der Waals surface area contributed by atoms with Crippen LogP contribution in [0.15, 0.2) is 29.5 Å². The topological polar surface area (TPSA) is 80.5 Å². The van der Waals surface area contributed by atoms with Gasteiger partial charge in [-0.3, -0.25) is 4.57 Å². The fraction of sp³-hybridized carbons (Fsp3) is 0.552. The van der Waals surface area contributed by atoms with E-state index in [1.165, 1.54) is 11.1 Å². The number of piperidine rings is 1. The molecular formula is C29H38N6O2. The maximum Gasteiger partial charge on any atom is 0.326 e. The van der Waals surface area contributed by atoms with Crippen molar-refractivity contribution in [3.63, 3.8) is 0 Å².